The van der Waals surface area contributed by atoms with Gasteiger partial charge in [-0.1, -0.05) is 11.6 Å². The highest BCUT2D eigenvalue weighted by atomic mass is 35.5. The van der Waals surface area contributed by atoms with Crippen molar-refractivity contribution in [3.63, 3.8) is 0 Å². The zero-order valence-electron chi connectivity index (χ0n) is 10.1. The van der Waals surface area contributed by atoms with E-state index in [2.05, 4.69) is 5.32 Å². The average molecular weight is 272 g/mol. The molecule has 2 N–H and O–H groups in total. The summed E-state index contributed by atoms with van der Waals surface area (Å²) in [5, 5.41) is 11.5. The second-order valence-corrected chi connectivity index (χ2v) is 4.04. The second kappa shape index (κ2) is 6.26. The van der Waals surface area contributed by atoms with Crippen LogP contribution in [-0.4, -0.2) is 29.6 Å². The molecule has 0 bridgehead atoms. The maximum atomic E-state index is 11.9. The molecule has 1 aromatic carbocycles. The lowest BCUT2D eigenvalue weighted by molar-refractivity contribution is -0.138. The number of hydrogen-bond donors (Lipinski definition) is 2. The number of rotatable bonds is 5. The van der Waals surface area contributed by atoms with Crippen LogP contribution in [0.5, 0.6) is 5.75 Å². The molecule has 0 spiro atoms. The van der Waals surface area contributed by atoms with Gasteiger partial charge in [-0.15, -0.1) is 0 Å². The van der Waals surface area contributed by atoms with E-state index in [1.54, 1.807) is 19.1 Å². The van der Waals surface area contributed by atoms with E-state index in [4.69, 9.17) is 21.4 Å². The Hall–Kier alpha value is -1.75. The minimum Gasteiger partial charge on any atom is -0.493 e. The number of benzene rings is 1. The molecule has 0 saturated carbocycles. The number of carboxylic acids is 1. The molecule has 0 heterocycles. The van der Waals surface area contributed by atoms with Gasteiger partial charge in [-0.05, 0) is 32.0 Å². The van der Waals surface area contributed by atoms with Gasteiger partial charge in [0, 0.05) is 5.02 Å². The lowest BCUT2D eigenvalue weighted by atomic mass is 10.1. The van der Waals surface area contributed by atoms with Crippen LogP contribution in [0.2, 0.25) is 5.02 Å². The lowest BCUT2D eigenvalue weighted by Gasteiger charge is -2.13. The van der Waals surface area contributed by atoms with Gasteiger partial charge in [-0.25, -0.2) is 0 Å². The molecule has 1 unspecified atom stereocenters. The molecule has 6 heteroatoms. The number of amides is 1. The van der Waals surface area contributed by atoms with Gasteiger partial charge >= 0.3 is 5.97 Å². The van der Waals surface area contributed by atoms with Crippen molar-refractivity contribution in [2.24, 2.45) is 0 Å². The van der Waals surface area contributed by atoms with Crippen LogP contribution in [0.1, 0.15) is 24.2 Å². The quantitative estimate of drug-likeness (QED) is 0.858. The lowest BCUT2D eigenvalue weighted by Crippen LogP contribution is -2.38. The zero-order valence-corrected chi connectivity index (χ0v) is 10.8. The number of carbonyl (C=O) groups excluding carboxylic acids is 1. The summed E-state index contributed by atoms with van der Waals surface area (Å²) in [7, 11) is 0. The predicted molar refractivity (Wildman–Crippen MR) is 67.2 cm³/mol. The summed E-state index contributed by atoms with van der Waals surface area (Å²) >= 11 is 5.81. The smallest absolute Gasteiger partial charge is 0.325 e. The van der Waals surface area contributed by atoms with E-state index >= 15 is 0 Å². The van der Waals surface area contributed by atoms with Crippen molar-refractivity contribution in [2.45, 2.75) is 19.9 Å². The van der Waals surface area contributed by atoms with E-state index in [0.717, 1.165) is 0 Å². The maximum Gasteiger partial charge on any atom is 0.325 e. The van der Waals surface area contributed by atoms with Gasteiger partial charge in [0.1, 0.15) is 11.8 Å². The Labute approximate surface area is 110 Å². The van der Waals surface area contributed by atoms with Gasteiger partial charge in [0.2, 0.25) is 0 Å². The maximum absolute atomic E-state index is 11.9. The van der Waals surface area contributed by atoms with Gasteiger partial charge < -0.3 is 15.2 Å². The van der Waals surface area contributed by atoms with Gasteiger partial charge in [0.15, 0.2) is 0 Å². The third-order valence-electron chi connectivity index (χ3n) is 2.20. The summed E-state index contributed by atoms with van der Waals surface area (Å²) in [6.07, 6.45) is 0. The first-order valence-electron chi connectivity index (χ1n) is 5.41. The molecule has 0 radical (unpaired) electrons. The number of hydrogen-bond acceptors (Lipinski definition) is 3. The first-order chi connectivity index (χ1) is 8.45. The van der Waals surface area contributed by atoms with E-state index < -0.39 is 17.9 Å². The second-order valence-electron chi connectivity index (χ2n) is 3.61. The molecule has 0 fully saturated rings. The largest absolute Gasteiger partial charge is 0.493 e. The van der Waals surface area contributed by atoms with Crippen LogP contribution in [0, 0.1) is 0 Å². The fraction of sp³-hybridized carbons (Fsp3) is 0.333. The number of carbonyl (C=O) groups is 2. The Balaban J connectivity index is 2.96. The first kappa shape index (κ1) is 14.3. The molecule has 1 rings (SSSR count). The molecule has 5 nitrogen and oxygen atoms in total. The number of ether oxygens (including phenoxy) is 1. The first-order valence-corrected chi connectivity index (χ1v) is 5.79. The standard InChI is InChI=1S/C12H14ClNO4/c1-3-18-10-5-4-8(13)6-9(10)11(15)14-7(2)12(16)17/h4-7H,3H2,1-2H3,(H,14,15)(H,16,17). The van der Waals surface area contributed by atoms with Gasteiger partial charge in [-0.3, -0.25) is 9.59 Å². The predicted octanol–water partition coefficient (Wildman–Crippen LogP) is 1.94. The van der Waals surface area contributed by atoms with Crippen LogP contribution in [-0.2, 0) is 4.79 Å². The molecule has 0 aromatic heterocycles. The molecule has 1 aromatic rings. The molecule has 0 aliphatic carbocycles. The Kier molecular flexibility index (Phi) is 4.97. The minimum atomic E-state index is -1.11. The van der Waals surface area contributed by atoms with E-state index in [0.29, 0.717) is 17.4 Å². The van der Waals surface area contributed by atoms with Crippen molar-refractivity contribution in [3.05, 3.63) is 28.8 Å². The number of carboxylic acid groups (broad SMARTS) is 1. The van der Waals surface area contributed by atoms with Crippen molar-refractivity contribution in [2.75, 3.05) is 6.61 Å². The van der Waals surface area contributed by atoms with Crippen LogP contribution in [0.15, 0.2) is 18.2 Å². The third-order valence-corrected chi connectivity index (χ3v) is 2.44. The Morgan fingerprint density at radius 1 is 1.50 bits per heavy atom. The molecule has 0 saturated heterocycles. The van der Waals surface area contributed by atoms with E-state index in [-0.39, 0.29) is 5.56 Å². The monoisotopic (exact) mass is 271 g/mol. The average Bonchev–Trinajstić information content (AvgIpc) is 2.31. The summed E-state index contributed by atoms with van der Waals surface area (Å²) in [6.45, 7) is 3.57. The molecule has 1 amide bonds. The van der Waals surface area contributed by atoms with Gasteiger partial charge in [0.25, 0.3) is 5.91 Å². The summed E-state index contributed by atoms with van der Waals surface area (Å²) in [5.41, 5.74) is 0.220. The summed E-state index contributed by atoms with van der Waals surface area (Å²) in [5.74, 6) is -1.27. The van der Waals surface area contributed by atoms with E-state index in [1.165, 1.54) is 13.0 Å². The SMILES string of the molecule is CCOc1ccc(Cl)cc1C(=O)NC(C)C(=O)O. The molecule has 98 valence electrons. The van der Waals surface area contributed by atoms with E-state index in [1.807, 2.05) is 0 Å². The number of halogens is 1. The summed E-state index contributed by atoms with van der Waals surface area (Å²) in [4.78, 5) is 22.6. The minimum absolute atomic E-state index is 0.220. The number of nitrogens with one attached hydrogen (secondary N) is 1. The number of aliphatic carboxylic acids is 1. The van der Waals surface area contributed by atoms with Crippen molar-refractivity contribution < 1.29 is 19.4 Å². The van der Waals surface area contributed by atoms with E-state index in [9.17, 15) is 9.59 Å². The zero-order chi connectivity index (χ0) is 13.7. The van der Waals surface area contributed by atoms with Crippen molar-refractivity contribution in [1.82, 2.24) is 5.32 Å². The molecule has 0 aliphatic rings. The summed E-state index contributed by atoms with van der Waals surface area (Å²) < 4.78 is 5.29. The van der Waals surface area contributed by atoms with Gasteiger partial charge in [-0.2, -0.15) is 0 Å². The topological polar surface area (TPSA) is 75.6 Å². The molecular weight excluding hydrogens is 258 g/mol. The van der Waals surface area contributed by atoms with Crippen molar-refractivity contribution in [1.29, 1.82) is 0 Å². The fourth-order valence-electron chi connectivity index (χ4n) is 1.30. The van der Waals surface area contributed by atoms with Gasteiger partial charge in [0.05, 0.1) is 12.2 Å². The Morgan fingerprint density at radius 3 is 2.72 bits per heavy atom. The normalized spacial score (nSPS) is 11.7. The Bertz CT molecular complexity index is 461. The molecular formula is C12H14ClNO4. The van der Waals surface area contributed by atoms with Crippen LogP contribution in [0.25, 0.3) is 0 Å². The van der Waals surface area contributed by atoms with Crippen LogP contribution < -0.4 is 10.1 Å². The third kappa shape index (κ3) is 3.63. The van der Waals surface area contributed by atoms with Crippen molar-refractivity contribution >= 4 is 23.5 Å². The summed E-state index contributed by atoms with van der Waals surface area (Å²) in [6, 6.07) is 3.64. The Morgan fingerprint density at radius 2 is 2.17 bits per heavy atom. The highest BCUT2D eigenvalue weighted by Crippen LogP contribution is 2.23. The molecule has 18 heavy (non-hydrogen) atoms. The molecule has 1 atom stereocenters. The molecule has 0 aliphatic heterocycles. The van der Waals surface area contributed by atoms with Crippen LogP contribution in [0.4, 0.5) is 0 Å². The highest BCUT2D eigenvalue weighted by Gasteiger charge is 2.18. The van der Waals surface area contributed by atoms with Crippen LogP contribution in [0.3, 0.4) is 0 Å². The highest BCUT2D eigenvalue weighted by molar-refractivity contribution is 6.31. The van der Waals surface area contributed by atoms with Crippen LogP contribution >= 0.6 is 11.6 Å². The van der Waals surface area contributed by atoms with Crippen molar-refractivity contribution in [3.8, 4) is 5.75 Å². The fourth-order valence-corrected chi connectivity index (χ4v) is 1.47.